The van der Waals surface area contributed by atoms with Gasteiger partial charge in [0.1, 0.15) is 0 Å². The van der Waals surface area contributed by atoms with Crippen LogP contribution in [0.3, 0.4) is 0 Å². The van der Waals surface area contributed by atoms with Gasteiger partial charge in [0, 0.05) is 32.2 Å². The van der Waals surface area contributed by atoms with Crippen LogP contribution in [0.5, 0.6) is 0 Å². The fourth-order valence-corrected chi connectivity index (χ4v) is 3.63. The molecule has 4 heteroatoms. The third-order valence-electron chi connectivity index (χ3n) is 3.65. The molecular weight excluding hydrogens is 362 g/mol. The Morgan fingerprint density at radius 2 is 1.62 bits per heavy atom. The monoisotopic (exact) mass is 379 g/mol. The third kappa shape index (κ3) is 5.01. The van der Waals surface area contributed by atoms with Crippen molar-refractivity contribution in [1.82, 2.24) is 0 Å². The molecule has 0 radical (unpaired) electrons. The second kappa shape index (κ2) is 8.75. The van der Waals surface area contributed by atoms with Crippen LogP contribution < -0.4 is 5.32 Å². The van der Waals surface area contributed by atoms with Crippen LogP contribution in [0.25, 0.3) is 0 Å². The number of carbonyl (C=O) groups excluding carboxylic acids is 1. The second-order valence-electron chi connectivity index (χ2n) is 5.74. The van der Waals surface area contributed by atoms with E-state index >= 15 is 0 Å². The van der Waals surface area contributed by atoms with Crippen molar-refractivity contribution in [2.24, 2.45) is 0 Å². The first-order valence-electron chi connectivity index (χ1n) is 8.19. The molecule has 0 saturated heterocycles. The van der Waals surface area contributed by atoms with Crippen molar-refractivity contribution in [1.29, 1.82) is 0 Å². The summed E-state index contributed by atoms with van der Waals surface area (Å²) in [5.41, 5.74) is 2.36. The van der Waals surface area contributed by atoms with E-state index < -0.39 is 0 Å². The number of hydrogen-bond donors (Lipinski definition) is 1. The van der Waals surface area contributed by atoms with Gasteiger partial charge in [0.2, 0.25) is 0 Å². The highest BCUT2D eigenvalue weighted by molar-refractivity contribution is 7.99. The van der Waals surface area contributed by atoms with Crippen LogP contribution in [0.4, 0.5) is 5.69 Å². The Bertz CT molecular complexity index is 923. The number of hydrogen-bond acceptors (Lipinski definition) is 3. The summed E-state index contributed by atoms with van der Waals surface area (Å²) in [7, 11) is 0. The first-order valence-corrected chi connectivity index (χ1v) is 9.38. The molecule has 0 aliphatic rings. The number of halogens is 1. The fourth-order valence-electron chi connectivity index (χ4n) is 2.43. The smallest absolute Gasteiger partial charge is 0.187 e. The highest BCUT2D eigenvalue weighted by Crippen LogP contribution is 2.35. The molecule has 3 aromatic rings. The Balaban J connectivity index is 1.80. The van der Waals surface area contributed by atoms with Crippen molar-refractivity contribution in [2.75, 3.05) is 5.32 Å². The van der Waals surface area contributed by atoms with E-state index in [4.69, 9.17) is 11.6 Å². The van der Waals surface area contributed by atoms with Crippen LogP contribution in [0.2, 0.25) is 5.02 Å². The molecule has 2 nitrogen and oxygen atoms in total. The average molecular weight is 380 g/mol. The van der Waals surface area contributed by atoms with E-state index in [0.717, 1.165) is 21.2 Å². The maximum atomic E-state index is 12.3. The zero-order chi connectivity index (χ0) is 18.4. The summed E-state index contributed by atoms with van der Waals surface area (Å²) >= 11 is 7.80. The lowest BCUT2D eigenvalue weighted by atomic mass is 10.1. The molecule has 0 amide bonds. The van der Waals surface area contributed by atoms with Gasteiger partial charge in [0.15, 0.2) is 5.78 Å². The minimum Gasteiger partial charge on any atom is -0.358 e. The van der Waals surface area contributed by atoms with Crippen molar-refractivity contribution >= 4 is 34.8 Å². The van der Waals surface area contributed by atoms with Gasteiger partial charge in [-0.25, -0.2) is 0 Å². The van der Waals surface area contributed by atoms with Gasteiger partial charge < -0.3 is 5.32 Å². The molecule has 0 aliphatic carbocycles. The first-order chi connectivity index (χ1) is 12.6. The van der Waals surface area contributed by atoms with Gasteiger partial charge in [-0.3, -0.25) is 4.79 Å². The molecule has 0 atom stereocenters. The zero-order valence-corrected chi connectivity index (χ0v) is 15.8. The first kappa shape index (κ1) is 18.3. The van der Waals surface area contributed by atoms with Crippen molar-refractivity contribution < 1.29 is 4.79 Å². The molecule has 0 spiro atoms. The summed E-state index contributed by atoms with van der Waals surface area (Å²) in [6.07, 6.45) is 1.61. The summed E-state index contributed by atoms with van der Waals surface area (Å²) in [5, 5.41) is 4.00. The third-order valence-corrected chi connectivity index (χ3v) is 4.95. The normalized spacial score (nSPS) is 11.2. The molecule has 130 valence electrons. The van der Waals surface area contributed by atoms with Gasteiger partial charge in [-0.15, -0.1) is 0 Å². The maximum Gasteiger partial charge on any atom is 0.187 e. The van der Waals surface area contributed by atoms with E-state index in [-0.39, 0.29) is 5.78 Å². The van der Waals surface area contributed by atoms with Crippen LogP contribution in [0, 0.1) is 0 Å². The maximum absolute atomic E-state index is 12.3. The minimum absolute atomic E-state index is 0.0261. The number of benzene rings is 3. The largest absolute Gasteiger partial charge is 0.358 e. The lowest BCUT2D eigenvalue weighted by Gasteiger charge is -2.13. The Morgan fingerprint density at radius 1 is 0.962 bits per heavy atom. The van der Waals surface area contributed by atoms with Crippen molar-refractivity contribution in [3.63, 3.8) is 0 Å². The molecule has 1 N–H and O–H groups in total. The molecule has 0 fully saturated rings. The van der Waals surface area contributed by atoms with E-state index in [9.17, 15) is 4.79 Å². The van der Waals surface area contributed by atoms with Gasteiger partial charge in [-0.05, 0) is 37.3 Å². The molecule has 3 rings (SSSR count). The minimum atomic E-state index is -0.0261. The van der Waals surface area contributed by atoms with Gasteiger partial charge >= 0.3 is 0 Å². The van der Waals surface area contributed by atoms with Gasteiger partial charge in [0.05, 0.1) is 5.69 Å². The van der Waals surface area contributed by atoms with Crippen molar-refractivity contribution in [3.05, 3.63) is 101 Å². The van der Waals surface area contributed by atoms with Gasteiger partial charge in [-0.2, -0.15) is 0 Å². The summed E-state index contributed by atoms with van der Waals surface area (Å²) in [4.78, 5) is 14.5. The number of allylic oxidation sites excluding steroid dienone is 2. The molecule has 0 aliphatic heterocycles. The Morgan fingerprint density at radius 3 is 2.31 bits per heavy atom. The molecule has 3 aromatic carbocycles. The second-order valence-corrected chi connectivity index (χ2v) is 7.29. The van der Waals surface area contributed by atoms with E-state index in [2.05, 4.69) is 17.4 Å². The highest BCUT2D eigenvalue weighted by Gasteiger charge is 2.08. The molecule has 26 heavy (non-hydrogen) atoms. The summed E-state index contributed by atoms with van der Waals surface area (Å²) in [6, 6.07) is 25.0. The lowest BCUT2D eigenvalue weighted by molar-refractivity contribution is 0.104. The number of anilines is 1. The SMILES string of the molecule is CC(=CC(=O)c1ccccc1)Nc1ccc(Cl)cc1Sc1ccccc1. The van der Waals surface area contributed by atoms with E-state index in [1.54, 1.807) is 17.8 Å². The topological polar surface area (TPSA) is 29.1 Å². The van der Waals surface area contributed by atoms with Crippen LogP contribution in [-0.2, 0) is 0 Å². The zero-order valence-electron chi connectivity index (χ0n) is 14.3. The molecule has 0 bridgehead atoms. The van der Waals surface area contributed by atoms with Crippen LogP contribution in [0.15, 0.2) is 100 Å². The molecule has 0 saturated carbocycles. The number of ketones is 1. The molecule has 0 unspecified atom stereocenters. The average Bonchev–Trinajstić information content (AvgIpc) is 2.65. The number of carbonyl (C=O) groups is 1. The Kier molecular flexibility index (Phi) is 6.16. The van der Waals surface area contributed by atoms with Gasteiger partial charge in [-0.1, -0.05) is 71.9 Å². The molecule has 0 aromatic heterocycles. The summed E-state index contributed by atoms with van der Waals surface area (Å²) in [6.45, 7) is 1.88. The van der Waals surface area contributed by atoms with Crippen LogP contribution >= 0.6 is 23.4 Å². The highest BCUT2D eigenvalue weighted by atomic mass is 35.5. The van der Waals surface area contributed by atoms with E-state index in [0.29, 0.717) is 10.6 Å². The number of nitrogens with one attached hydrogen (secondary N) is 1. The van der Waals surface area contributed by atoms with E-state index in [1.165, 1.54) is 0 Å². The van der Waals surface area contributed by atoms with Crippen LogP contribution in [-0.4, -0.2) is 5.78 Å². The predicted octanol–water partition coefficient (Wildman–Crippen LogP) is 6.69. The van der Waals surface area contributed by atoms with Crippen LogP contribution in [0.1, 0.15) is 17.3 Å². The quantitative estimate of drug-likeness (QED) is 0.382. The van der Waals surface area contributed by atoms with E-state index in [1.807, 2.05) is 73.7 Å². The summed E-state index contributed by atoms with van der Waals surface area (Å²) in [5.74, 6) is -0.0261. The number of rotatable bonds is 6. The summed E-state index contributed by atoms with van der Waals surface area (Å²) < 4.78 is 0. The van der Waals surface area contributed by atoms with Crippen molar-refractivity contribution in [2.45, 2.75) is 16.7 Å². The molecular formula is C22H18ClNOS. The molecule has 0 heterocycles. The Labute approximate surface area is 162 Å². The fraction of sp³-hybridized carbons (Fsp3) is 0.0455. The lowest BCUT2D eigenvalue weighted by Crippen LogP contribution is -2.02. The van der Waals surface area contributed by atoms with Crippen molar-refractivity contribution in [3.8, 4) is 0 Å². The standard InChI is InChI=1S/C22H18ClNOS/c1-16(14-21(25)17-8-4-2-5-9-17)24-20-13-12-18(23)15-22(20)26-19-10-6-3-7-11-19/h2-15,24H,1H3. The van der Waals surface area contributed by atoms with Gasteiger partial charge in [0.25, 0.3) is 0 Å². The predicted molar refractivity (Wildman–Crippen MR) is 110 cm³/mol. The Hall–Kier alpha value is -2.49.